The fraction of sp³-hybridized carbons (Fsp3) is 0.500. The van der Waals surface area contributed by atoms with E-state index in [2.05, 4.69) is 0 Å². The highest BCUT2D eigenvalue weighted by Gasteiger charge is 2.17. The maximum Gasteiger partial charge on any atom is 0.241 e. The van der Waals surface area contributed by atoms with Crippen molar-refractivity contribution in [3.05, 3.63) is 29.8 Å². The Balaban J connectivity index is 2.58. The van der Waals surface area contributed by atoms with E-state index < -0.39 is 0 Å². The number of nitrogens with zero attached hydrogens (tertiary/aromatic N) is 2. The molecule has 0 unspecified atom stereocenters. The molecule has 2 amide bonds. The molecule has 0 aliphatic heterocycles. The van der Waals surface area contributed by atoms with Crippen LogP contribution in [-0.4, -0.2) is 48.8 Å². The Kier molecular flexibility index (Phi) is 6.72. The topological polar surface area (TPSA) is 66.6 Å². The molecule has 0 spiro atoms. The number of rotatable bonds is 7. The third-order valence-corrected chi connectivity index (χ3v) is 3.25. The molecular weight excluding hydrogens is 266 g/mol. The normalized spacial score (nSPS) is 10.2. The van der Waals surface area contributed by atoms with Crippen LogP contribution in [0.2, 0.25) is 0 Å². The lowest BCUT2D eigenvalue weighted by molar-refractivity contribution is -0.139. The number of carbonyl (C=O) groups is 2. The zero-order valence-corrected chi connectivity index (χ0v) is 13.1. The van der Waals surface area contributed by atoms with Crippen LogP contribution in [0.1, 0.15) is 25.3 Å². The summed E-state index contributed by atoms with van der Waals surface area (Å²) in [6.07, 6.45) is 1.87. The number of hydrogen-bond donors (Lipinski definition) is 1. The maximum absolute atomic E-state index is 12.3. The lowest BCUT2D eigenvalue weighted by atomic mass is 10.1. The fourth-order valence-electron chi connectivity index (χ4n) is 2.02. The van der Waals surface area contributed by atoms with Gasteiger partial charge in [0.1, 0.15) is 0 Å². The van der Waals surface area contributed by atoms with Gasteiger partial charge in [0.05, 0.1) is 6.54 Å². The smallest absolute Gasteiger partial charge is 0.241 e. The second-order valence-corrected chi connectivity index (χ2v) is 5.35. The van der Waals surface area contributed by atoms with Crippen LogP contribution >= 0.6 is 0 Å². The van der Waals surface area contributed by atoms with E-state index in [4.69, 9.17) is 5.73 Å². The Labute approximate surface area is 126 Å². The van der Waals surface area contributed by atoms with Gasteiger partial charge >= 0.3 is 0 Å². The van der Waals surface area contributed by atoms with Crippen molar-refractivity contribution >= 4 is 17.5 Å². The minimum atomic E-state index is -0.0549. The SMILES string of the molecule is CCCN(CC(=O)N(C)C)C(=O)CCc1cccc(N)c1. The van der Waals surface area contributed by atoms with E-state index in [9.17, 15) is 9.59 Å². The summed E-state index contributed by atoms with van der Waals surface area (Å²) in [5.41, 5.74) is 7.47. The van der Waals surface area contributed by atoms with E-state index in [0.717, 1.165) is 12.0 Å². The van der Waals surface area contributed by atoms with Gasteiger partial charge in [-0.25, -0.2) is 0 Å². The van der Waals surface area contributed by atoms with Gasteiger partial charge in [-0.1, -0.05) is 19.1 Å². The Morgan fingerprint density at radius 3 is 2.48 bits per heavy atom. The summed E-state index contributed by atoms with van der Waals surface area (Å²) >= 11 is 0. The number of carbonyl (C=O) groups excluding carboxylic acids is 2. The first kappa shape index (κ1) is 17.0. The number of likely N-dealkylation sites (N-methyl/N-ethyl adjacent to an activating group) is 1. The Morgan fingerprint density at radius 2 is 1.90 bits per heavy atom. The van der Waals surface area contributed by atoms with Gasteiger partial charge in [-0.15, -0.1) is 0 Å². The maximum atomic E-state index is 12.3. The molecule has 1 aromatic carbocycles. The highest BCUT2D eigenvalue weighted by molar-refractivity contribution is 5.84. The first-order valence-electron chi connectivity index (χ1n) is 7.26. The van der Waals surface area contributed by atoms with Crippen LogP contribution in [0.4, 0.5) is 5.69 Å². The number of amides is 2. The lowest BCUT2D eigenvalue weighted by Gasteiger charge is -2.23. The summed E-state index contributed by atoms with van der Waals surface area (Å²) in [6, 6.07) is 7.54. The molecule has 0 saturated carbocycles. The summed E-state index contributed by atoms with van der Waals surface area (Å²) in [5.74, 6) is -0.0461. The molecule has 0 aliphatic rings. The molecule has 5 heteroatoms. The van der Waals surface area contributed by atoms with Crippen LogP contribution in [0.25, 0.3) is 0 Å². The van der Waals surface area contributed by atoms with Gasteiger partial charge in [0, 0.05) is 32.7 Å². The van der Waals surface area contributed by atoms with Gasteiger partial charge < -0.3 is 15.5 Å². The molecule has 1 rings (SSSR count). The zero-order valence-electron chi connectivity index (χ0n) is 13.1. The van der Waals surface area contributed by atoms with Crippen molar-refractivity contribution < 1.29 is 9.59 Å². The number of benzene rings is 1. The third-order valence-electron chi connectivity index (χ3n) is 3.25. The minimum Gasteiger partial charge on any atom is -0.399 e. The first-order valence-corrected chi connectivity index (χ1v) is 7.26. The molecule has 21 heavy (non-hydrogen) atoms. The van der Waals surface area contributed by atoms with E-state index in [0.29, 0.717) is 25.1 Å². The third kappa shape index (κ3) is 5.85. The average Bonchev–Trinajstić information content (AvgIpc) is 2.44. The lowest BCUT2D eigenvalue weighted by Crippen LogP contribution is -2.40. The molecular formula is C16H25N3O2. The molecule has 1 aromatic rings. The van der Waals surface area contributed by atoms with E-state index in [1.807, 2.05) is 31.2 Å². The molecule has 0 heterocycles. The molecule has 116 valence electrons. The van der Waals surface area contributed by atoms with Gasteiger partial charge in [-0.05, 0) is 30.5 Å². The van der Waals surface area contributed by atoms with E-state index in [1.54, 1.807) is 19.0 Å². The summed E-state index contributed by atoms with van der Waals surface area (Å²) in [6.45, 7) is 2.75. The predicted molar refractivity (Wildman–Crippen MR) is 84.7 cm³/mol. The molecule has 5 nitrogen and oxygen atoms in total. The zero-order chi connectivity index (χ0) is 15.8. The van der Waals surface area contributed by atoms with Crippen molar-refractivity contribution in [3.63, 3.8) is 0 Å². The average molecular weight is 291 g/mol. The minimum absolute atomic E-state index is 0.00877. The second-order valence-electron chi connectivity index (χ2n) is 5.35. The second kappa shape index (κ2) is 8.29. The van der Waals surface area contributed by atoms with Gasteiger partial charge in [-0.3, -0.25) is 9.59 Å². The number of anilines is 1. The van der Waals surface area contributed by atoms with Crippen LogP contribution in [0, 0.1) is 0 Å². The number of nitrogens with two attached hydrogens (primary N) is 1. The number of aryl methyl sites for hydroxylation is 1. The summed E-state index contributed by atoms with van der Waals surface area (Å²) < 4.78 is 0. The fourth-order valence-corrected chi connectivity index (χ4v) is 2.02. The van der Waals surface area contributed by atoms with Gasteiger partial charge in [-0.2, -0.15) is 0 Å². The molecule has 0 fully saturated rings. The van der Waals surface area contributed by atoms with Gasteiger partial charge in [0.2, 0.25) is 11.8 Å². The Morgan fingerprint density at radius 1 is 1.19 bits per heavy atom. The molecule has 0 aliphatic carbocycles. The van der Waals surface area contributed by atoms with Crippen molar-refractivity contribution in [2.45, 2.75) is 26.2 Å². The van der Waals surface area contributed by atoms with Crippen LogP contribution in [0.15, 0.2) is 24.3 Å². The summed E-state index contributed by atoms with van der Waals surface area (Å²) in [5, 5.41) is 0. The van der Waals surface area contributed by atoms with Crippen LogP contribution < -0.4 is 5.73 Å². The van der Waals surface area contributed by atoms with Crippen LogP contribution in [0.5, 0.6) is 0 Å². The first-order chi connectivity index (χ1) is 9.93. The largest absolute Gasteiger partial charge is 0.399 e. The monoisotopic (exact) mass is 291 g/mol. The van der Waals surface area contributed by atoms with Crippen molar-refractivity contribution in [1.82, 2.24) is 9.80 Å². The molecule has 0 bridgehead atoms. The van der Waals surface area contributed by atoms with Crippen molar-refractivity contribution in [3.8, 4) is 0 Å². The van der Waals surface area contributed by atoms with Gasteiger partial charge in [0.15, 0.2) is 0 Å². The summed E-state index contributed by atoms with van der Waals surface area (Å²) in [7, 11) is 3.40. The highest BCUT2D eigenvalue weighted by Crippen LogP contribution is 2.10. The standard InChI is InChI=1S/C16H25N3O2/c1-4-10-19(12-16(21)18(2)3)15(20)9-8-13-6-5-7-14(17)11-13/h5-7,11H,4,8-10,12,17H2,1-3H3. The van der Waals surface area contributed by atoms with Gasteiger partial charge in [0.25, 0.3) is 0 Å². The van der Waals surface area contributed by atoms with Crippen LogP contribution in [-0.2, 0) is 16.0 Å². The van der Waals surface area contributed by atoms with Crippen molar-refractivity contribution in [2.24, 2.45) is 0 Å². The van der Waals surface area contributed by atoms with E-state index in [1.165, 1.54) is 4.90 Å². The van der Waals surface area contributed by atoms with Crippen molar-refractivity contribution in [1.29, 1.82) is 0 Å². The van der Waals surface area contributed by atoms with E-state index >= 15 is 0 Å². The molecule has 0 aromatic heterocycles. The van der Waals surface area contributed by atoms with Crippen LogP contribution in [0.3, 0.4) is 0 Å². The number of nitrogen functional groups attached to an aromatic ring is 1. The molecule has 0 radical (unpaired) electrons. The predicted octanol–water partition coefficient (Wildman–Crippen LogP) is 1.53. The number of hydrogen-bond acceptors (Lipinski definition) is 3. The Hall–Kier alpha value is -2.04. The molecule has 0 atom stereocenters. The molecule has 2 N–H and O–H groups in total. The molecule has 0 saturated heterocycles. The quantitative estimate of drug-likeness (QED) is 0.775. The van der Waals surface area contributed by atoms with Crippen molar-refractivity contribution in [2.75, 3.05) is 32.9 Å². The Bertz CT molecular complexity index is 486. The van der Waals surface area contributed by atoms with E-state index in [-0.39, 0.29) is 18.4 Å². The highest BCUT2D eigenvalue weighted by atomic mass is 16.2. The summed E-state index contributed by atoms with van der Waals surface area (Å²) in [4.78, 5) is 27.2.